The Morgan fingerprint density at radius 1 is 0.960 bits per heavy atom. The molecule has 0 amide bonds. The number of rotatable bonds is 5. The predicted octanol–water partition coefficient (Wildman–Crippen LogP) is 4.58. The smallest absolute Gasteiger partial charge is 0.233 e. The summed E-state index contributed by atoms with van der Waals surface area (Å²) in [5.41, 5.74) is 3.50. The van der Waals surface area contributed by atoms with E-state index in [1.807, 2.05) is 36.4 Å². The van der Waals surface area contributed by atoms with Crippen molar-refractivity contribution in [1.29, 1.82) is 0 Å². The van der Waals surface area contributed by atoms with Gasteiger partial charge in [-0.25, -0.2) is 4.99 Å². The Morgan fingerprint density at radius 3 is 2.56 bits per heavy atom. The molecule has 1 aromatic heterocycles. The van der Waals surface area contributed by atoms with Gasteiger partial charge < -0.3 is 9.30 Å². The van der Waals surface area contributed by atoms with E-state index in [-0.39, 0.29) is 6.04 Å². The number of aromatic nitrogens is 1. The van der Waals surface area contributed by atoms with Crippen LogP contribution in [0.5, 0.6) is 0 Å². The summed E-state index contributed by atoms with van der Waals surface area (Å²) >= 11 is 5.97. The molecule has 0 saturated heterocycles. The molecule has 0 radical (unpaired) electrons. The van der Waals surface area contributed by atoms with Crippen molar-refractivity contribution in [3.8, 4) is 0 Å². The van der Waals surface area contributed by atoms with Gasteiger partial charge in [-0.2, -0.15) is 0 Å². The van der Waals surface area contributed by atoms with E-state index in [0.29, 0.717) is 6.61 Å². The zero-order valence-electron chi connectivity index (χ0n) is 13.8. The van der Waals surface area contributed by atoms with E-state index in [1.54, 1.807) is 0 Å². The maximum Gasteiger partial charge on any atom is 0.233 e. The molecule has 0 aliphatic carbocycles. The summed E-state index contributed by atoms with van der Waals surface area (Å²) in [5, 5.41) is 0.753. The molecule has 0 N–H and O–H groups in total. The van der Waals surface area contributed by atoms with Gasteiger partial charge in [-0.05, 0) is 41.8 Å². The normalized spacial score (nSPS) is 16.5. The Kier molecular flexibility index (Phi) is 4.57. The Bertz CT molecular complexity index is 868. The molecule has 0 saturated carbocycles. The third-order valence-corrected chi connectivity index (χ3v) is 4.59. The molecule has 4 rings (SSSR count). The van der Waals surface area contributed by atoms with Gasteiger partial charge in [0.15, 0.2) is 0 Å². The lowest BCUT2D eigenvalue weighted by Gasteiger charge is -2.09. The molecule has 0 bridgehead atoms. The van der Waals surface area contributed by atoms with Gasteiger partial charge in [0.25, 0.3) is 0 Å². The van der Waals surface area contributed by atoms with Crippen LogP contribution >= 0.6 is 11.6 Å². The summed E-state index contributed by atoms with van der Waals surface area (Å²) in [4.78, 5) is 4.79. The standard InChI is InChI=1S/C21H19ClN2O/c22-18-10-8-17(9-11-18)14-24-12-4-7-20(24)21-23-19(15-25-21)13-16-5-2-1-3-6-16/h1-12,19H,13-15H2/t19-/m1/s1. The van der Waals surface area contributed by atoms with E-state index in [1.165, 1.54) is 11.1 Å². The van der Waals surface area contributed by atoms with E-state index in [2.05, 4.69) is 41.1 Å². The first-order valence-electron chi connectivity index (χ1n) is 8.42. The van der Waals surface area contributed by atoms with Crippen LogP contribution in [0.1, 0.15) is 16.8 Å². The number of benzene rings is 2. The number of halogens is 1. The van der Waals surface area contributed by atoms with Crippen molar-refractivity contribution in [2.24, 2.45) is 4.99 Å². The lowest BCUT2D eigenvalue weighted by Crippen LogP contribution is -2.11. The van der Waals surface area contributed by atoms with Gasteiger partial charge in [-0.3, -0.25) is 0 Å². The summed E-state index contributed by atoms with van der Waals surface area (Å²) < 4.78 is 8.05. The first-order valence-corrected chi connectivity index (χ1v) is 8.80. The summed E-state index contributed by atoms with van der Waals surface area (Å²) in [6, 6.07) is 22.6. The fraction of sp³-hybridized carbons (Fsp3) is 0.190. The highest BCUT2D eigenvalue weighted by Gasteiger charge is 2.22. The van der Waals surface area contributed by atoms with Crippen LogP contribution in [0.15, 0.2) is 77.9 Å². The fourth-order valence-electron chi connectivity index (χ4n) is 3.08. The van der Waals surface area contributed by atoms with Crippen molar-refractivity contribution in [3.63, 3.8) is 0 Å². The van der Waals surface area contributed by atoms with Gasteiger partial charge >= 0.3 is 0 Å². The zero-order valence-corrected chi connectivity index (χ0v) is 14.6. The Morgan fingerprint density at radius 2 is 1.76 bits per heavy atom. The highest BCUT2D eigenvalue weighted by Crippen LogP contribution is 2.18. The van der Waals surface area contributed by atoms with Crippen molar-refractivity contribution < 1.29 is 4.74 Å². The van der Waals surface area contributed by atoms with Gasteiger partial charge in [0, 0.05) is 17.8 Å². The topological polar surface area (TPSA) is 26.5 Å². The molecule has 3 aromatic rings. The first-order chi connectivity index (χ1) is 12.3. The first kappa shape index (κ1) is 16.0. The van der Waals surface area contributed by atoms with Crippen molar-refractivity contribution in [2.75, 3.05) is 6.61 Å². The molecule has 0 spiro atoms. The number of ether oxygens (including phenoxy) is 1. The van der Waals surface area contributed by atoms with Gasteiger partial charge in [0.05, 0.1) is 6.04 Å². The highest BCUT2D eigenvalue weighted by atomic mass is 35.5. The third-order valence-electron chi connectivity index (χ3n) is 4.34. The maximum absolute atomic E-state index is 5.97. The van der Waals surface area contributed by atoms with Crippen molar-refractivity contribution in [1.82, 2.24) is 4.57 Å². The van der Waals surface area contributed by atoms with Crippen LogP contribution in [0.25, 0.3) is 0 Å². The lowest BCUT2D eigenvalue weighted by atomic mass is 10.1. The van der Waals surface area contributed by atoms with Crippen LogP contribution in [0, 0.1) is 0 Å². The molecule has 0 fully saturated rings. The molecule has 126 valence electrons. The quantitative estimate of drug-likeness (QED) is 0.661. The van der Waals surface area contributed by atoms with Crippen LogP contribution in [-0.4, -0.2) is 23.1 Å². The number of hydrogen-bond acceptors (Lipinski definition) is 2. The monoisotopic (exact) mass is 350 g/mol. The third kappa shape index (κ3) is 3.77. The second kappa shape index (κ2) is 7.16. The summed E-state index contributed by atoms with van der Waals surface area (Å²) in [7, 11) is 0. The van der Waals surface area contributed by atoms with Crippen LogP contribution in [0.3, 0.4) is 0 Å². The van der Waals surface area contributed by atoms with Crippen molar-refractivity contribution in [3.05, 3.63) is 94.8 Å². The minimum Gasteiger partial charge on any atom is -0.474 e. The molecule has 4 heteroatoms. The second-order valence-corrected chi connectivity index (χ2v) is 6.67. The largest absolute Gasteiger partial charge is 0.474 e. The molecule has 3 nitrogen and oxygen atoms in total. The summed E-state index contributed by atoms with van der Waals surface area (Å²) in [6.45, 7) is 1.40. The number of aliphatic imine (C=N–C) groups is 1. The van der Waals surface area contributed by atoms with Crippen LogP contribution in [0.2, 0.25) is 5.02 Å². The van der Waals surface area contributed by atoms with Crippen LogP contribution < -0.4 is 0 Å². The number of nitrogens with zero attached hydrogens (tertiary/aromatic N) is 2. The van der Waals surface area contributed by atoms with E-state index in [9.17, 15) is 0 Å². The van der Waals surface area contributed by atoms with E-state index < -0.39 is 0 Å². The molecular weight excluding hydrogens is 332 g/mol. The number of hydrogen-bond donors (Lipinski definition) is 0. The Labute approximate surface area is 152 Å². The summed E-state index contributed by atoms with van der Waals surface area (Å²) in [5.74, 6) is 0.736. The molecule has 25 heavy (non-hydrogen) atoms. The van der Waals surface area contributed by atoms with Crippen molar-refractivity contribution >= 4 is 17.5 Å². The predicted molar refractivity (Wildman–Crippen MR) is 101 cm³/mol. The van der Waals surface area contributed by atoms with E-state index >= 15 is 0 Å². The average Bonchev–Trinajstić information content (AvgIpc) is 3.27. The van der Waals surface area contributed by atoms with Crippen molar-refractivity contribution in [2.45, 2.75) is 19.0 Å². The van der Waals surface area contributed by atoms with Gasteiger partial charge in [0.2, 0.25) is 5.90 Å². The SMILES string of the molecule is Clc1ccc(Cn2cccc2C2=N[C@H](Cc3ccccc3)CO2)cc1. The zero-order chi connectivity index (χ0) is 17.1. The van der Waals surface area contributed by atoms with E-state index in [4.69, 9.17) is 21.3 Å². The molecule has 2 heterocycles. The maximum atomic E-state index is 5.97. The molecule has 0 unspecified atom stereocenters. The Hall–Kier alpha value is -2.52. The minimum absolute atomic E-state index is 0.177. The molecule has 2 aromatic carbocycles. The van der Waals surface area contributed by atoms with Gasteiger partial charge in [-0.1, -0.05) is 54.1 Å². The minimum atomic E-state index is 0.177. The van der Waals surface area contributed by atoms with Gasteiger partial charge in [-0.15, -0.1) is 0 Å². The van der Waals surface area contributed by atoms with E-state index in [0.717, 1.165) is 29.6 Å². The summed E-state index contributed by atoms with van der Waals surface area (Å²) in [6.07, 6.45) is 2.96. The van der Waals surface area contributed by atoms with Gasteiger partial charge in [0.1, 0.15) is 12.3 Å². The Balaban J connectivity index is 1.50. The highest BCUT2D eigenvalue weighted by molar-refractivity contribution is 6.30. The average molecular weight is 351 g/mol. The fourth-order valence-corrected chi connectivity index (χ4v) is 3.20. The van der Waals surface area contributed by atoms with Crippen LogP contribution in [0.4, 0.5) is 0 Å². The molecule has 1 aliphatic heterocycles. The second-order valence-electron chi connectivity index (χ2n) is 6.24. The van der Waals surface area contributed by atoms with Crippen LogP contribution in [-0.2, 0) is 17.7 Å². The lowest BCUT2D eigenvalue weighted by molar-refractivity contribution is 0.315. The molecular formula is C21H19ClN2O. The molecule has 1 atom stereocenters. The molecule has 1 aliphatic rings.